The number of nitrogens with zero attached hydrogens (tertiary/aromatic N) is 4. The maximum atomic E-state index is 12.8. The number of aliphatic hydroxyl groups excluding tert-OH is 1. The fourth-order valence-corrected chi connectivity index (χ4v) is 4.79. The standard InChI is InChI=1S/C29H51N9O11.C2H6.CH4O/c1-2-3-5-32-29(49)21(15-22(30)39)34-24(41)16-33-23(40)4-6-31-25(42)17-35-7-9-36(18-26(43)44)11-13-38(20-28(47)48)14-12-37(10-8-35)19-27(45)46;2*1-2/h21H,2-20H2,1H3,(H2,30,39)(H,31,42)(H,32,49)(H,33,40)(H,34,41)(H,43,44)(H,45,46)(H,47,48);1-2H3;2H,1H3. The van der Waals surface area contributed by atoms with Crippen molar-refractivity contribution in [3.8, 4) is 0 Å². The first kappa shape index (κ1) is 50.7. The summed E-state index contributed by atoms with van der Waals surface area (Å²) in [6.45, 7) is 6.70. The topological polar surface area (TPSA) is 305 Å². The number of carbonyl (C=O) groups excluding carboxylic acids is 5. The number of carboxylic acid groups (broad SMARTS) is 3. The van der Waals surface area contributed by atoms with Crippen LogP contribution in [0.3, 0.4) is 0 Å². The molecular weight excluding hydrogens is 702 g/mol. The van der Waals surface area contributed by atoms with E-state index in [0.29, 0.717) is 13.0 Å². The zero-order valence-electron chi connectivity index (χ0n) is 31.4. The Morgan fingerprint density at radius 3 is 1.40 bits per heavy atom. The molecule has 0 radical (unpaired) electrons. The summed E-state index contributed by atoms with van der Waals surface area (Å²) in [7, 11) is 1.00. The number of carbonyl (C=O) groups is 8. The van der Waals surface area contributed by atoms with Crippen molar-refractivity contribution >= 4 is 47.4 Å². The van der Waals surface area contributed by atoms with E-state index in [9.17, 15) is 53.7 Å². The molecule has 0 aliphatic carbocycles. The number of amides is 5. The van der Waals surface area contributed by atoms with Crippen molar-refractivity contribution in [2.24, 2.45) is 5.73 Å². The Morgan fingerprint density at radius 2 is 1.02 bits per heavy atom. The lowest BCUT2D eigenvalue weighted by atomic mass is 10.1. The molecule has 53 heavy (non-hydrogen) atoms. The van der Waals surface area contributed by atoms with Gasteiger partial charge in [-0.2, -0.15) is 0 Å². The largest absolute Gasteiger partial charge is 0.480 e. The van der Waals surface area contributed by atoms with E-state index < -0.39 is 66.5 Å². The lowest BCUT2D eigenvalue weighted by molar-refractivity contribution is -0.140. The number of nitrogens with one attached hydrogen (secondary N) is 4. The first-order chi connectivity index (χ1) is 25.2. The number of carboxylic acids is 3. The quantitative estimate of drug-likeness (QED) is 0.0534. The van der Waals surface area contributed by atoms with Crippen molar-refractivity contribution < 1.29 is 58.8 Å². The molecule has 0 aromatic rings. The van der Waals surface area contributed by atoms with Crippen molar-refractivity contribution in [1.29, 1.82) is 0 Å². The second kappa shape index (κ2) is 31.1. The van der Waals surface area contributed by atoms with Gasteiger partial charge in [0.2, 0.25) is 29.5 Å². The van der Waals surface area contributed by atoms with Crippen molar-refractivity contribution in [2.45, 2.75) is 52.5 Å². The number of hydrogen-bond donors (Lipinski definition) is 9. The van der Waals surface area contributed by atoms with E-state index in [4.69, 9.17) is 10.8 Å². The molecule has 1 heterocycles. The summed E-state index contributed by atoms with van der Waals surface area (Å²) in [6.07, 6.45) is 0.950. The molecule has 10 N–H and O–H groups in total. The van der Waals surface area contributed by atoms with E-state index in [1.165, 1.54) is 0 Å². The number of unbranched alkanes of at least 4 members (excludes halogenated alkanes) is 1. The second-order valence-corrected chi connectivity index (χ2v) is 11.6. The number of primary amides is 1. The number of nitrogens with two attached hydrogens (primary N) is 1. The third-order valence-electron chi connectivity index (χ3n) is 7.38. The minimum absolute atomic E-state index is 0.0695. The van der Waals surface area contributed by atoms with Crippen LogP contribution in [0.25, 0.3) is 0 Å². The molecule has 1 unspecified atom stereocenters. The third-order valence-corrected chi connectivity index (χ3v) is 7.38. The van der Waals surface area contributed by atoms with E-state index in [2.05, 4.69) is 21.3 Å². The molecule has 1 atom stereocenters. The third kappa shape index (κ3) is 27.8. The van der Waals surface area contributed by atoms with Crippen LogP contribution >= 0.6 is 0 Å². The molecule has 0 spiro atoms. The van der Waals surface area contributed by atoms with Crippen LogP contribution in [0.4, 0.5) is 0 Å². The average Bonchev–Trinajstić information content (AvgIpc) is 3.09. The van der Waals surface area contributed by atoms with E-state index in [1.54, 1.807) is 19.6 Å². The second-order valence-electron chi connectivity index (χ2n) is 11.6. The summed E-state index contributed by atoms with van der Waals surface area (Å²) < 4.78 is 0. The van der Waals surface area contributed by atoms with Crippen LogP contribution in [0, 0.1) is 0 Å². The molecule has 1 rings (SSSR count). The van der Waals surface area contributed by atoms with E-state index in [1.807, 2.05) is 20.8 Å². The molecule has 0 bridgehead atoms. The Balaban J connectivity index is 0. The number of aliphatic hydroxyl groups is 1. The Kier molecular flexibility index (Phi) is 29.7. The molecule has 1 saturated heterocycles. The average molecular weight is 764 g/mol. The Morgan fingerprint density at radius 1 is 0.604 bits per heavy atom. The molecule has 0 saturated carbocycles. The van der Waals surface area contributed by atoms with Gasteiger partial charge in [-0.25, -0.2) is 0 Å². The van der Waals surface area contributed by atoms with Crippen molar-refractivity contribution in [2.75, 3.05) is 105 Å². The Bertz CT molecular complexity index is 1110. The molecule has 1 aliphatic rings. The van der Waals surface area contributed by atoms with Gasteiger partial charge in [-0.3, -0.25) is 58.0 Å². The minimum Gasteiger partial charge on any atom is -0.480 e. The van der Waals surface area contributed by atoms with Gasteiger partial charge < -0.3 is 47.4 Å². The number of rotatable bonds is 20. The first-order valence-electron chi connectivity index (χ1n) is 17.6. The highest BCUT2D eigenvalue weighted by Crippen LogP contribution is 2.02. The summed E-state index contributed by atoms with van der Waals surface area (Å²) in [5.74, 6) is -6.27. The summed E-state index contributed by atoms with van der Waals surface area (Å²) in [4.78, 5) is 102. The van der Waals surface area contributed by atoms with Gasteiger partial charge in [0, 0.05) is 79.0 Å². The van der Waals surface area contributed by atoms with E-state index in [-0.39, 0.29) is 91.5 Å². The van der Waals surface area contributed by atoms with Crippen LogP contribution in [0.1, 0.15) is 46.5 Å². The summed E-state index contributed by atoms with van der Waals surface area (Å²) in [5.41, 5.74) is 5.18. The van der Waals surface area contributed by atoms with Gasteiger partial charge in [0.25, 0.3) is 0 Å². The van der Waals surface area contributed by atoms with Crippen LogP contribution in [-0.2, 0) is 38.4 Å². The highest BCUT2D eigenvalue weighted by Gasteiger charge is 2.24. The molecule has 5 amide bonds. The lowest BCUT2D eigenvalue weighted by Crippen LogP contribution is -2.51. The summed E-state index contributed by atoms with van der Waals surface area (Å²) >= 11 is 0. The Hall–Kier alpha value is -4.44. The molecule has 0 aromatic heterocycles. The summed E-state index contributed by atoms with van der Waals surface area (Å²) in [6, 6.07) is -1.19. The van der Waals surface area contributed by atoms with Crippen LogP contribution in [-0.4, -0.2) is 199 Å². The fourth-order valence-electron chi connectivity index (χ4n) is 4.79. The van der Waals surface area contributed by atoms with Gasteiger partial charge in [-0.05, 0) is 6.42 Å². The predicted molar refractivity (Wildman–Crippen MR) is 192 cm³/mol. The van der Waals surface area contributed by atoms with Crippen LogP contribution in [0.15, 0.2) is 0 Å². The maximum Gasteiger partial charge on any atom is 0.317 e. The van der Waals surface area contributed by atoms with Gasteiger partial charge in [0.15, 0.2) is 0 Å². The smallest absolute Gasteiger partial charge is 0.317 e. The van der Waals surface area contributed by atoms with Crippen molar-refractivity contribution in [3.05, 3.63) is 0 Å². The van der Waals surface area contributed by atoms with Gasteiger partial charge in [0.1, 0.15) is 6.04 Å². The highest BCUT2D eigenvalue weighted by atomic mass is 16.4. The summed E-state index contributed by atoms with van der Waals surface area (Å²) in [5, 5.41) is 45.0. The Labute approximate surface area is 310 Å². The molecule has 1 fully saturated rings. The van der Waals surface area contributed by atoms with E-state index >= 15 is 0 Å². The zero-order chi connectivity index (χ0) is 40.8. The van der Waals surface area contributed by atoms with Crippen LogP contribution in [0.5, 0.6) is 0 Å². The zero-order valence-corrected chi connectivity index (χ0v) is 31.4. The normalized spacial score (nSPS) is 15.3. The van der Waals surface area contributed by atoms with Gasteiger partial charge in [-0.1, -0.05) is 27.2 Å². The van der Waals surface area contributed by atoms with Gasteiger partial charge in [0.05, 0.1) is 39.1 Å². The molecule has 21 heteroatoms. The molecular formula is C32H61N9O12. The maximum absolute atomic E-state index is 12.8. The van der Waals surface area contributed by atoms with Crippen LogP contribution in [0.2, 0.25) is 0 Å². The monoisotopic (exact) mass is 763 g/mol. The predicted octanol–water partition coefficient (Wildman–Crippen LogP) is -4.00. The molecule has 0 aromatic carbocycles. The van der Waals surface area contributed by atoms with Crippen LogP contribution < -0.4 is 27.0 Å². The SMILES string of the molecule is CC.CCCCNC(=O)C(CC(N)=O)NC(=O)CNC(=O)CCNC(=O)CN1CCN(CC(=O)O)CCN(CC(=O)O)CCN(CC(=O)O)CC1.CO. The molecule has 1 aliphatic heterocycles. The lowest BCUT2D eigenvalue weighted by Gasteiger charge is -2.32. The number of aliphatic carboxylic acids is 3. The van der Waals surface area contributed by atoms with Gasteiger partial charge in [-0.15, -0.1) is 0 Å². The minimum atomic E-state index is -1.19. The first-order valence-corrected chi connectivity index (χ1v) is 17.6. The number of hydrogen-bond acceptors (Lipinski definition) is 13. The molecule has 306 valence electrons. The van der Waals surface area contributed by atoms with Crippen molar-refractivity contribution in [3.63, 3.8) is 0 Å². The van der Waals surface area contributed by atoms with E-state index in [0.717, 1.165) is 13.5 Å². The van der Waals surface area contributed by atoms with Crippen molar-refractivity contribution in [1.82, 2.24) is 40.9 Å². The highest BCUT2D eigenvalue weighted by molar-refractivity contribution is 5.93. The fraction of sp³-hybridized carbons (Fsp3) is 0.750. The van der Waals surface area contributed by atoms with Gasteiger partial charge >= 0.3 is 17.9 Å². The molecule has 21 nitrogen and oxygen atoms in total.